The molecule has 2 nitrogen and oxygen atoms in total. The van der Waals surface area contributed by atoms with Gasteiger partial charge in [-0.25, -0.2) is 0 Å². The first kappa shape index (κ1) is 14.2. The maximum Gasteiger partial charge on any atom is 0.0717 e. The first-order valence-electron chi connectivity index (χ1n) is 6.60. The second kappa shape index (κ2) is 8.26. The van der Waals surface area contributed by atoms with Gasteiger partial charge in [0.05, 0.1) is 6.61 Å². The second-order valence-corrected chi connectivity index (χ2v) is 4.55. The highest BCUT2D eigenvalue weighted by Gasteiger charge is 2.03. The van der Waals surface area contributed by atoms with E-state index in [9.17, 15) is 0 Å². The highest BCUT2D eigenvalue weighted by atomic mass is 16.5. The predicted molar refractivity (Wildman–Crippen MR) is 72.9 cm³/mol. The Bertz CT molecular complexity index is 308. The highest BCUT2D eigenvalue weighted by molar-refractivity contribution is 5.22. The van der Waals surface area contributed by atoms with Gasteiger partial charge in [0, 0.05) is 13.2 Å². The largest absolute Gasteiger partial charge is 0.376 e. The normalized spacial score (nSPS) is 11.1. The molecule has 0 saturated carbocycles. The van der Waals surface area contributed by atoms with E-state index in [0.717, 1.165) is 19.8 Å². The molecule has 96 valence electrons. The Morgan fingerprint density at radius 1 is 1.18 bits per heavy atom. The van der Waals surface area contributed by atoms with Gasteiger partial charge in [0.25, 0.3) is 0 Å². The van der Waals surface area contributed by atoms with E-state index < -0.39 is 0 Å². The van der Waals surface area contributed by atoms with Crippen molar-refractivity contribution in [2.24, 2.45) is 5.92 Å². The summed E-state index contributed by atoms with van der Waals surface area (Å²) in [6.45, 7) is 6.98. The van der Waals surface area contributed by atoms with E-state index >= 15 is 0 Å². The zero-order chi connectivity index (χ0) is 12.5. The van der Waals surface area contributed by atoms with Crippen molar-refractivity contribution in [1.82, 2.24) is 5.32 Å². The smallest absolute Gasteiger partial charge is 0.0717 e. The monoisotopic (exact) mass is 235 g/mol. The average molecular weight is 235 g/mol. The van der Waals surface area contributed by atoms with Gasteiger partial charge in [-0.2, -0.15) is 0 Å². The van der Waals surface area contributed by atoms with Crippen LogP contribution in [0.3, 0.4) is 0 Å². The Hall–Kier alpha value is -0.860. The van der Waals surface area contributed by atoms with Crippen LogP contribution in [0, 0.1) is 5.92 Å². The molecule has 0 heterocycles. The van der Waals surface area contributed by atoms with Crippen LogP contribution in [0.15, 0.2) is 24.3 Å². The number of benzene rings is 1. The van der Waals surface area contributed by atoms with Crippen molar-refractivity contribution >= 4 is 0 Å². The molecular formula is C15H25NO. The van der Waals surface area contributed by atoms with Gasteiger partial charge in [-0.05, 0) is 24.1 Å². The Morgan fingerprint density at radius 3 is 2.53 bits per heavy atom. The van der Waals surface area contributed by atoms with E-state index in [4.69, 9.17) is 4.74 Å². The molecule has 2 heteroatoms. The topological polar surface area (TPSA) is 21.3 Å². The Kier molecular flexibility index (Phi) is 6.90. The molecule has 0 radical (unpaired) electrons. The van der Waals surface area contributed by atoms with Crippen molar-refractivity contribution in [2.45, 2.75) is 39.8 Å². The first-order valence-corrected chi connectivity index (χ1v) is 6.60. The second-order valence-electron chi connectivity index (χ2n) is 4.55. The lowest BCUT2D eigenvalue weighted by atomic mass is 10.1. The number of ether oxygens (including phenoxy) is 1. The SMILES string of the molecule is CCC(CC)COCc1cccc(CNC)c1. The molecule has 1 rings (SSSR count). The molecule has 1 N–H and O–H groups in total. The molecule has 0 aliphatic rings. The van der Waals surface area contributed by atoms with Gasteiger partial charge in [0.15, 0.2) is 0 Å². The lowest BCUT2D eigenvalue weighted by Crippen LogP contribution is -2.08. The van der Waals surface area contributed by atoms with E-state index in [1.165, 1.54) is 24.0 Å². The van der Waals surface area contributed by atoms with Crippen molar-refractivity contribution in [3.05, 3.63) is 35.4 Å². The molecule has 0 saturated heterocycles. The maximum atomic E-state index is 5.78. The predicted octanol–water partition coefficient (Wildman–Crippen LogP) is 3.36. The molecule has 0 spiro atoms. The molecule has 17 heavy (non-hydrogen) atoms. The average Bonchev–Trinajstić information content (AvgIpc) is 2.36. The molecule has 0 aliphatic heterocycles. The van der Waals surface area contributed by atoms with Gasteiger partial charge < -0.3 is 10.1 Å². The minimum atomic E-state index is 0.704. The molecule has 0 amide bonds. The molecule has 0 aliphatic carbocycles. The number of rotatable bonds is 8. The van der Waals surface area contributed by atoms with Crippen LogP contribution in [-0.2, 0) is 17.9 Å². The maximum absolute atomic E-state index is 5.78. The van der Waals surface area contributed by atoms with Crippen LogP contribution >= 0.6 is 0 Å². The van der Waals surface area contributed by atoms with Crippen LogP contribution in [0.2, 0.25) is 0 Å². The van der Waals surface area contributed by atoms with E-state index in [1.807, 2.05) is 7.05 Å². The fourth-order valence-corrected chi connectivity index (χ4v) is 1.90. The van der Waals surface area contributed by atoms with Gasteiger partial charge in [-0.3, -0.25) is 0 Å². The molecule has 0 fully saturated rings. The quantitative estimate of drug-likeness (QED) is 0.746. The summed E-state index contributed by atoms with van der Waals surface area (Å²) in [6.07, 6.45) is 2.41. The van der Waals surface area contributed by atoms with Crippen LogP contribution in [0.25, 0.3) is 0 Å². The van der Waals surface area contributed by atoms with Crippen LogP contribution in [0.4, 0.5) is 0 Å². The summed E-state index contributed by atoms with van der Waals surface area (Å²) in [5.74, 6) is 0.704. The fraction of sp³-hybridized carbons (Fsp3) is 0.600. The van der Waals surface area contributed by atoms with Crippen LogP contribution in [-0.4, -0.2) is 13.7 Å². The summed E-state index contributed by atoms with van der Waals surface area (Å²) in [5, 5.41) is 3.16. The van der Waals surface area contributed by atoms with E-state index in [2.05, 4.69) is 43.4 Å². The molecule has 0 bridgehead atoms. The van der Waals surface area contributed by atoms with Crippen molar-refractivity contribution in [2.75, 3.05) is 13.7 Å². The Labute approximate surface area is 105 Å². The molecule has 0 unspecified atom stereocenters. The highest BCUT2D eigenvalue weighted by Crippen LogP contribution is 2.11. The summed E-state index contributed by atoms with van der Waals surface area (Å²) in [6, 6.07) is 8.58. The van der Waals surface area contributed by atoms with Crippen molar-refractivity contribution < 1.29 is 4.74 Å². The van der Waals surface area contributed by atoms with E-state index in [1.54, 1.807) is 0 Å². The van der Waals surface area contributed by atoms with Gasteiger partial charge in [0.1, 0.15) is 0 Å². The molecule has 0 atom stereocenters. The summed E-state index contributed by atoms with van der Waals surface area (Å²) >= 11 is 0. The standard InChI is InChI=1S/C15H25NO/c1-4-13(5-2)11-17-12-15-8-6-7-14(9-15)10-16-3/h6-9,13,16H,4-5,10-12H2,1-3H3. The first-order chi connectivity index (χ1) is 8.30. The Balaban J connectivity index is 2.38. The number of hydrogen-bond acceptors (Lipinski definition) is 2. The van der Waals surface area contributed by atoms with Crippen LogP contribution < -0.4 is 5.32 Å². The van der Waals surface area contributed by atoms with Gasteiger partial charge in [-0.1, -0.05) is 51.0 Å². The lowest BCUT2D eigenvalue weighted by Gasteiger charge is -2.13. The van der Waals surface area contributed by atoms with Crippen molar-refractivity contribution in [3.8, 4) is 0 Å². The van der Waals surface area contributed by atoms with Crippen molar-refractivity contribution in [1.29, 1.82) is 0 Å². The van der Waals surface area contributed by atoms with Gasteiger partial charge >= 0.3 is 0 Å². The van der Waals surface area contributed by atoms with E-state index in [0.29, 0.717) is 5.92 Å². The molecule has 0 aromatic heterocycles. The van der Waals surface area contributed by atoms with Gasteiger partial charge in [-0.15, -0.1) is 0 Å². The lowest BCUT2D eigenvalue weighted by molar-refractivity contribution is 0.0843. The summed E-state index contributed by atoms with van der Waals surface area (Å²) in [5.41, 5.74) is 2.58. The van der Waals surface area contributed by atoms with Crippen molar-refractivity contribution in [3.63, 3.8) is 0 Å². The summed E-state index contributed by atoms with van der Waals surface area (Å²) in [4.78, 5) is 0. The fourth-order valence-electron chi connectivity index (χ4n) is 1.90. The Morgan fingerprint density at radius 2 is 1.88 bits per heavy atom. The summed E-state index contributed by atoms with van der Waals surface area (Å²) in [7, 11) is 1.97. The third kappa shape index (κ3) is 5.33. The van der Waals surface area contributed by atoms with Crippen LogP contribution in [0.5, 0.6) is 0 Å². The molecular weight excluding hydrogens is 210 g/mol. The zero-order valence-electron chi connectivity index (χ0n) is 11.3. The molecule has 1 aromatic rings. The minimum absolute atomic E-state index is 0.704. The third-order valence-electron chi connectivity index (χ3n) is 3.15. The third-order valence-corrected chi connectivity index (χ3v) is 3.15. The van der Waals surface area contributed by atoms with Gasteiger partial charge in [0.2, 0.25) is 0 Å². The zero-order valence-corrected chi connectivity index (χ0v) is 11.3. The van der Waals surface area contributed by atoms with E-state index in [-0.39, 0.29) is 0 Å². The molecule has 1 aromatic carbocycles. The number of hydrogen-bond donors (Lipinski definition) is 1. The minimum Gasteiger partial charge on any atom is -0.376 e. The summed E-state index contributed by atoms with van der Waals surface area (Å²) < 4.78 is 5.78. The number of nitrogens with one attached hydrogen (secondary N) is 1. The van der Waals surface area contributed by atoms with Crippen LogP contribution in [0.1, 0.15) is 37.8 Å².